The second-order valence-electron chi connectivity index (χ2n) is 5.90. The summed E-state index contributed by atoms with van der Waals surface area (Å²) in [5, 5.41) is 0. The summed E-state index contributed by atoms with van der Waals surface area (Å²) in [5.41, 5.74) is 0.535. The number of hydrogen-bond acceptors (Lipinski definition) is 3. The lowest BCUT2D eigenvalue weighted by atomic mass is 9.86. The van der Waals surface area contributed by atoms with E-state index in [1.165, 1.54) is 0 Å². The summed E-state index contributed by atoms with van der Waals surface area (Å²) in [6.45, 7) is 1.52. The number of aromatic amines is 1. The molecule has 0 radical (unpaired) electrons. The first-order chi connectivity index (χ1) is 10.1. The van der Waals surface area contributed by atoms with Crippen molar-refractivity contribution < 1.29 is 9.53 Å². The van der Waals surface area contributed by atoms with Crippen LogP contribution in [0.25, 0.3) is 0 Å². The van der Waals surface area contributed by atoms with E-state index in [-0.39, 0.29) is 30.1 Å². The summed E-state index contributed by atoms with van der Waals surface area (Å²) in [4.78, 5) is 28.5. The monoisotopic (exact) mass is 350 g/mol. The second-order valence-corrected chi connectivity index (χ2v) is 6.69. The van der Waals surface area contributed by atoms with E-state index in [9.17, 15) is 9.59 Å². The predicted octanol–water partition coefficient (Wildman–Crippen LogP) is 1.09. The van der Waals surface area contributed by atoms with E-state index in [0.717, 1.165) is 18.7 Å². The van der Waals surface area contributed by atoms with Gasteiger partial charge in [0, 0.05) is 31.1 Å². The summed E-state index contributed by atoms with van der Waals surface area (Å²) in [7, 11) is 0. The summed E-state index contributed by atoms with van der Waals surface area (Å²) in [6.07, 6.45) is 6.44. The van der Waals surface area contributed by atoms with Crippen LogP contribution >= 0.6 is 15.9 Å². The fourth-order valence-corrected chi connectivity index (χ4v) is 4.03. The van der Waals surface area contributed by atoms with Crippen LogP contribution in [-0.4, -0.2) is 41.1 Å². The molecule has 3 aliphatic rings. The maximum atomic E-state index is 12.5. The van der Waals surface area contributed by atoms with Crippen molar-refractivity contribution in [3.8, 4) is 0 Å². The number of nitrogens with zero attached hydrogens (tertiary/aromatic N) is 1. The molecule has 0 aliphatic carbocycles. The van der Waals surface area contributed by atoms with Crippen LogP contribution in [0, 0.1) is 11.8 Å². The molecule has 5 nitrogen and oxygen atoms in total. The molecule has 4 heterocycles. The van der Waals surface area contributed by atoms with Crippen LogP contribution in [-0.2, 0) is 16.0 Å². The molecular formula is C15H15BrN2O3. The van der Waals surface area contributed by atoms with Gasteiger partial charge in [0.1, 0.15) is 0 Å². The molecule has 1 aromatic rings. The highest BCUT2D eigenvalue weighted by molar-refractivity contribution is 9.10. The number of carbonyl (C=O) groups is 1. The Morgan fingerprint density at radius 2 is 2.00 bits per heavy atom. The van der Waals surface area contributed by atoms with Gasteiger partial charge in [-0.15, -0.1) is 0 Å². The quantitative estimate of drug-likeness (QED) is 0.812. The first-order valence-corrected chi connectivity index (χ1v) is 7.90. The largest absolute Gasteiger partial charge is 0.366 e. The third-order valence-corrected chi connectivity index (χ3v) is 5.61. The molecule has 2 fully saturated rings. The van der Waals surface area contributed by atoms with E-state index in [4.69, 9.17) is 4.74 Å². The van der Waals surface area contributed by atoms with Crippen molar-refractivity contribution in [2.75, 3.05) is 13.1 Å². The van der Waals surface area contributed by atoms with Gasteiger partial charge in [-0.05, 0) is 27.6 Å². The number of nitrogens with one attached hydrogen (secondary N) is 1. The third kappa shape index (κ3) is 2.08. The van der Waals surface area contributed by atoms with Gasteiger partial charge in [0.25, 0.3) is 5.56 Å². The van der Waals surface area contributed by atoms with Crippen molar-refractivity contribution in [2.24, 2.45) is 11.8 Å². The zero-order valence-electron chi connectivity index (χ0n) is 11.3. The van der Waals surface area contributed by atoms with Gasteiger partial charge in [-0.3, -0.25) is 9.59 Å². The van der Waals surface area contributed by atoms with E-state index in [1.54, 1.807) is 12.3 Å². The highest BCUT2D eigenvalue weighted by Gasteiger charge is 2.51. The Morgan fingerprint density at radius 3 is 2.67 bits per heavy atom. The van der Waals surface area contributed by atoms with E-state index < -0.39 is 0 Å². The van der Waals surface area contributed by atoms with Gasteiger partial charge in [0.05, 0.1) is 23.1 Å². The Kier molecular flexibility index (Phi) is 3.04. The first-order valence-electron chi connectivity index (χ1n) is 7.11. The van der Waals surface area contributed by atoms with Crippen LogP contribution in [0.3, 0.4) is 0 Å². The number of ether oxygens (including phenoxy) is 1. The Labute approximate surface area is 130 Å². The Morgan fingerprint density at radius 1 is 1.33 bits per heavy atom. The van der Waals surface area contributed by atoms with Crippen LogP contribution in [0.4, 0.5) is 0 Å². The minimum atomic E-state index is -0.200. The molecule has 3 aliphatic heterocycles. The predicted molar refractivity (Wildman–Crippen MR) is 79.8 cm³/mol. The van der Waals surface area contributed by atoms with Crippen molar-refractivity contribution in [3.05, 3.63) is 44.8 Å². The molecule has 4 atom stereocenters. The van der Waals surface area contributed by atoms with Gasteiger partial charge in [0.15, 0.2) is 0 Å². The van der Waals surface area contributed by atoms with Gasteiger partial charge in [0.2, 0.25) is 5.91 Å². The number of aromatic nitrogens is 1. The van der Waals surface area contributed by atoms with E-state index in [2.05, 4.69) is 33.1 Å². The highest BCUT2D eigenvalue weighted by atomic mass is 79.9. The van der Waals surface area contributed by atoms with Gasteiger partial charge in [-0.25, -0.2) is 0 Å². The second kappa shape index (κ2) is 4.81. The van der Waals surface area contributed by atoms with Crippen molar-refractivity contribution >= 4 is 21.8 Å². The lowest BCUT2D eigenvalue weighted by Gasteiger charge is -2.19. The normalized spacial score (nSPS) is 32.7. The summed E-state index contributed by atoms with van der Waals surface area (Å²) in [6, 6.07) is 1.77. The first kappa shape index (κ1) is 13.3. The zero-order chi connectivity index (χ0) is 14.6. The van der Waals surface area contributed by atoms with E-state index >= 15 is 0 Å². The molecule has 1 amide bonds. The van der Waals surface area contributed by atoms with Crippen molar-refractivity contribution in [1.29, 1.82) is 0 Å². The van der Waals surface area contributed by atoms with Crippen LogP contribution in [0.1, 0.15) is 5.56 Å². The maximum Gasteiger partial charge on any atom is 0.262 e. The Balaban J connectivity index is 1.48. The molecule has 21 heavy (non-hydrogen) atoms. The number of halogens is 1. The minimum Gasteiger partial charge on any atom is -0.366 e. The molecule has 4 unspecified atom stereocenters. The number of likely N-dealkylation sites (tertiary alicyclic amines) is 1. The number of rotatable bonds is 2. The molecule has 110 valence electrons. The third-order valence-electron chi connectivity index (χ3n) is 4.74. The van der Waals surface area contributed by atoms with Crippen LogP contribution in [0.5, 0.6) is 0 Å². The zero-order valence-corrected chi connectivity index (χ0v) is 12.9. The average Bonchev–Trinajstić information content (AvgIpc) is 3.15. The SMILES string of the molecule is O=C(Cc1cc[nH]c(=O)c1Br)N1CC2C3C=CC(O3)C2C1. The number of fused-ring (bicyclic) bond motifs is 5. The standard InChI is InChI=1S/C15H15BrN2O3/c16-14-8(3-4-17-15(14)20)5-13(19)18-6-9-10(7-18)12-2-1-11(9)21-12/h1-4,9-12H,5-7H2,(H,17,20). The Bertz CT molecular complexity index is 664. The van der Waals surface area contributed by atoms with E-state index in [0.29, 0.717) is 16.3 Å². The van der Waals surface area contributed by atoms with Crippen LogP contribution in [0.2, 0.25) is 0 Å². The summed E-state index contributed by atoms with van der Waals surface area (Å²) < 4.78 is 6.27. The van der Waals surface area contributed by atoms with Crippen LogP contribution < -0.4 is 5.56 Å². The summed E-state index contributed by atoms with van der Waals surface area (Å²) >= 11 is 3.25. The maximum absolute atomic E-state index is 12.5. The summed E-state index contributed by atoms with van der Waals surface area (Å²) in [5.74, 6) is 0.952. The van der Waals surface area contributed by atoms with Gasteiger partial charge < -0.3 is 14.6 Å². The lowest BCUT2D eigenvalue weighted by molar-refractivity contribution is -0.130. The molecule has 1 aromatic heterocycles. The smallest absolute Gasteiger partial charge is 0.262 e. The Hall–Kier alpha value is -1.40. The van der Waals surface area contributed by atoms with Crippen LogP contribution in [0.15, 0.2) is 33.7 Å². The lowest BCUT2D eigenvalue weighted by Crippen LogP contribution is -2.33. The molecule has 4 rings (SSSR count). The highest BCUT2D eigenvalue weighted by Crippen LogP contribution is 2.43. The number of amides is 1. The van der Waals surface area contributed by atoms with Gasteiger partial charge in [-0.1, -0.05) is 12.2 Å². The number of carbonyl (C=O) groups excluding carboxylic acids is 1. The molecular weight excluding hydrogens is 336 g/mol. The number of hydrogen-bond donors (Lipinski definition) is 1. The van der Waals surface area contributed by atoms with Gasteiger partial charge >= 0.3 is 0 Å². The molecule has 0 saturated carbocycles. The molecule has 0 spiro atoms. The fourth-order valence-electron chi connectivity index (χ4n) is 3.64. The van der Waals surface area contributed by atoms with Gasteiger partial charge in [-0.2, -0.15) is 0 Å². The molecule has 2 bridgehead atoms. The topological polar surface area (TPSA) is 62.4 Å². The average molecular weight is 351 g/mol. The minimum absolute atomic E-state index is 0.0788. The van der Waals surface area contributed by atoms with Crippen molar-refractivity contribution in [3.63, 3.8) is 0 Å². The number of pyridine rings is 1. The van der Waals surface area contributed by atoms with Crippen molar-refractivity contribution in [1.82, 2.24) is 9.88 Å². The van der Waals surface area contributed by atoms with E-state index in [1.807, 2.05) is 4.90 Å². The molecule has 1 N–H and O–H groups in total. The molecule has 2 saturated heterocycles. The number of H-pyrrole nitrogens is 1. The fraction of sp³-hybridized carbons (Fsp3) is 0.467. The molecule has 0 aromatic carbocycles. The molecule has 6 heteroatoms. The van der Waals surface area contributed by atoms with Crippen molar-refractivity contribution in [2.45, 2.75) is 18.6 Å².